The molecular formula is C26H19N5O6S2. The number of nitrogen functional groups attached to an aromatic ring is 1. The quantitative estimate of drug-likeness (QED) is 0.195. The molecule has 5 aromatic rings. The van der Waals surface area contributed by atoms with Crippen molar-refractivity contribution in [1.82, 2.24) is 0 Å². The Bertz CT molecular complexity index is 1850. The molecule has 0 aliphatic carbocycles. The van der Waals surface area contributed by atoms with Gasteiger partial charge >= 0.3 is 21.2 Å². The molecule has 39 heavy (non-hydrogen) atoms. The number of fused-ring (bicyclic) bond motifs is 2. The van der Waals surface area contributed by atoms with E-state index in [1.807, 2.05) is 103 Å². The predicted molar refractivity (Wildman–Crippen MR) is 146 cm³/mol. The lowest BCUT2D eigenvalue weighted by Gasteiger charge is -2.06. The molecule has 0 spiro atoms. The lowest BCUT2D eigenvalue weighted by Crippen LogP contribution is -1.86. The van der Waals surface area contributed by atoms with Gasteiger partial charge in [0, 0.05) is 27.2 Å². The second-order valence-electron chi connectivity index (χ2n) is 7.51. The minimum Gasteiger partial charge on any atom is -0.398 e. The Hall–Kier alpha value is -5.14. The first-order chi connectivity index (χ1) is 18.8. The summed E-state index contributed by atoms with van der Waals surface area (Å²) >= 11 is 0. The molecule has 0 saturated heterocycles. The Balaban J connectivity index is 0.000000466. The number of nitrogens with two attached hydrogens (primary N) is 1. The van der Waals surface area contributed by atoms with Gasteiger partial charge in [-0.3, -0.25) is 0 Å². The van der Waals surface area contributed by atoms with Crippen LogP contribution in [-0.4, -0.2) is 25.3 Å². The third-order valence-electron chi connectivity index (χ3n) is 5.11. The standard InChI is InChI=1S/C26H19N5.2O3S/c27-23-14-15-24(20-11-5-4-10-19(20)23)30-31-26-17-16-25(21-12-6-7-13-22(21)26)29-28-18-8-2-1-3-9-18;2*1-4(2)3/h1-17H,27H2;;. The van der Waals surface area contributed by atoms with Crippen LogP contribution in [0.2, 0.25) is 0 Å². The molecule has 5 rings (SSSR count). The third kappa shape index (κ3) is 8.45. The van der Waals surface area contributed by atoms with Crippen molar-refractivity contribution in [2.24, 2.45) is 20.5 Å². The van der Waals surface area contributed by atoms with Gasteiger partial charge in [-0.1, -0.05) is 66.7 Å². The number of rotatable bonds is 4. The molecule has 0 amide bonds. The van der Waals surface area contributed by atoms with Gasteiger partial charge in [-0.25, -0.2) is 0 Å². The fourth-order valence-corrected chi connectivity index (χ4v) is 3.55. The molecule has 0 unspecified atom stereocenters. The van der Waals surface area contributed by atoms with E-state index >= 15 is 0 Å². The summed E-state index contributed by atoms with van der Waals surface area (Å²) in [7, 11) is -6.22. The molecule has 0 bridgehead atoms. The van der Waals surface area contributed by atoms with Crippen molar-refractivity contribution in [3.63, 3.8) is 0 Å². The van der Waals surface area contributed by atoms with Crippen LogP contribution in [0.4, 0.5) is 28.4 Å². The van der Waals surface area contributed by atoms with Crippen LogP contribution in [0.1, 0.15) is 0 Å². The summed E-state index contributed by atoms with van der Waals surface area (Å²) in [6, 6.07) is 33.2. The minimum atomic E-state index is -3.11. The summed E-state index contributed by atoms with van der Waals surface area (Å²) in [6.45, 7) is 0. The Morgan fingerprint density at radius 3 is 1.21 bits per heavy atom. The van der Waals surface area contributed by atoms with E-state index in [-0.39, 0.29) is 0 Å². The van der Waals surface area contributed by atoms with Gasteiger partial charge in [0.25, 0.3) is 0 Å². The summed E-state index contributed by atoms with van der Waals surface area (Å²) in [4.78, 5) is 0. The highest BCUT2D eigenvalue weighted by atomic mass is 32.2. The average molecular weight is 562 g/mol. The van der Waals surface area contributed by atoms with Gasteiger partial charge in [0.2, 0.25) is 0 Å². The first kappa shape index (κ1) is 28.4. The lowest BCUT2D eigenvalue weighted by atomic mass is 10.1. The van der Waals surface area contributed by atoms with Crippen LogP contribution >= 0.6 is 0 Å². The van der Waals surface area contributed by atoms with Gasteiger partial charge < -0.3 is 5.73 Å². The van der Waals surface area contributed by atoms with Crippen LogP contribution in [0.25, 0.3) is 21.5 Å². The molecule has 0 aromatic heterocycles. The normalized spacial score (nSPS) is 10.6. The largest absolute Gasteiger partial charge is 0.425 e. The van der Waals surface area contributed by atoms with Gasteiger partial charge in [-0.15, -0.1) is 40.6 Å². The smallest absolute Gasteiger partial charge is 0.398 e. The van der Waals surface area contributed by atoms with Crippen LogP contribution in [0, 0.1) is 0 Å². The number of hydrogen-bond donors (Lipinski definition) is 1. The molecule has 0 aliphatic heterocycles. The summed E-state index contributed by atoms with van der Waals surface area (Å²) < 4.78 is 50.7. The lowest BCUT2D eigenvalue weighted by molar-refractivity contribution is 0.557. The molecule has 0 fully saturated rings. The minimum absolute atomic E-state index is 0.730. The summed E-state index contributed by atoms with van der Waals surface area (Å²) in [5, 5.41) is 21.8. The van der Waals surface area contributed by atoms with Crippen molar-refractivity contribution < 1.29 is 25.3 Å². The van der Waals surface area contributed by atoms with E-state index < -0.39 is 21.2 Å². The van der Waals surface area contributed by atoms with Crippen LogP contribution in [0.3, 0.4) is 0 Å². The maximum Gasteiger partial charge on any atom is 0.425 e. The fourth-order valence-electron chi connectivity index (χ4n) is 3.55. The zero-order valence-electron chi connectivity index (χ0n) is 19.9. The zero-order valence-corrected chi connectivity index (χ0v) is 21.6. The second kappa shape index (κ2) is 14.0. The summed E-state index contributed by atoms with van der Waals surface area (Å²) in [5.74, 6) is 0. The van der Waals surface area contributed by atoms with E-state index in [4.69, 9.17) is 31.0 Å². The molecule has 11 nitrogen and oxygen atoms in total. The molecule has 13 heteroatoms. The summed E-state index contributed by atoms with van der Waals surface area (Å²) in [5.41, 5.74) is 9.98. The van der Waals surface area contributed by atoms with Crippen LogP contribution < -0.4 is 5.73 Å². The Kier molecular flexibility index (Phi) is 10.2. The van der Waals surface area contributed by atoms with Gasteiger partial charge in [0.1, 0.15) is 0 Å². The van der Waals surface area contributed by atoms with E-state index in [0.717, 1.165) is 50.0 Å². The van der Waals surface area contributed by atoms with Crippen molar-refractivity contribution >= 4 is 71.2 Å². The van der Waals surface area contributed by atoms with E-state index in [0.29, 0.717) is 0 Å². The molecule has 0 heterocycles. The monoisotopic (exact) mass is 561 g/mol. The summed E-state index contributed by atoms with van der Waals surface area (Å²) in [6.07, 6.45) is 0. The van der Waals surface area contributed by atoms with Crippen molar-refractivity contribution in [2.75, 3.05) is 5.73 Å². The fraction of sp³-hybridized carbons (Fsp3) is 0. The SMILES string of the molecule is Nc1ccc(N=Nc2ccc(N=Nc3ccccc3)c3ccccc23)c2ccccc12.O=S(=O)=O.O=S(=O)=O. The van der Waals surface area contributed by atoms with E-state index in [2.05, 4.69) is 20.5 Å². The van der Waals surface area contributed by atoms with Gasteiger partial charge in [-0.05, 0) is 36.4 Å². The molecular weight excluding hydrogens is 542 g/mol. The molecule has 0 radical (unpaired) electrons. The van der Waals surface area contributed by atoms with E-state index in [1.165, 1.54) is 0 Å². The van der Waals surface area contributed by atoms with Crippen LogP contribution in [0.15, 0.2) is 124 Å². The Morgan fingerprint density at radius 1 is 0.410 bits per heavy atom. The van der Waals surface area contributed by atoms with Crippen LogP contribution in [-0.2, 0) is 21.2 Å². The second-order valence-corrected chi connectivity index (χ2v) is 8.33. The van der Waals surface area contributed by atoms with E-state index in [1.54, 1.807) is 0 Å². The number of nitrogens with zero attached hydrogens (tertiary/aromatic N) is 4. The predicted octanol–water partition coefficient (Wildman–Crippen LogP) is 6.40. The first-order valence-electron chi connectivity index (χ1n) is 11.0. The maximum atomic E-state index is 8.44. The average Bonchev–Trinajstić information content (AvgIpc) is 2.92. The zero-order chi connectivity index (χ0) is 28.2. The van der Waals surface area contributed by atoms with Crippen molar-refractivity contribution in [3.05, 3.63) is 103 Å². The highest BCUT2D eigenvalue weighted by molar-refractivity contribution is 7.59. The molecule has 5 aromatic carbocycles. The molecule has 0 aliphatic rings. The Labute approximate surface area is 225 Å². The topological polar surface area (TPSA) is 178 Å². The molecule has 2 N–H and O–H groups in total. The maximum absolute atomic E-state index is 8.44. The number of benzene rings is 5. The Morgan fingerprint density at radius 2 is 0.744 bits per heavy atom. The van der Waals surface area contributed by atoms with E-state index in [9.17, 15) is 0 Å². The van der Waals surface area contributed by atoms with Crippen molar-refractivity contribution in [1.29, 1.82) is 0 Å². The first-order valence-corrected chi connectivity index (χ1v) is 13.0. The molecule has 196 valence electrons. The van der Waals surface area contributed by atoms with Crippen molar-refractivity contribution in [3.8, 4) is 0 Å². The van der Waals surface area contributed by atoms with Crippen LogP contribution in [0.5, 0.6) is 0 Å². The van der Waals surface area contributed by atoms with Gasteiger partial charge in [0.15, 0.2) is 0 Å². The highest BCUT2D eigenvalue weighted by Crippen LogP contribution is 2.36. The number of hydrogen-bond acceptors (Lipinski definition) is 11. The van der Waals surface area contributed by atoms with Gasteiger partial charge in [0.05, 0.1) is 22.7 Å². The number of anilines is 1. The molecule has 0 saturated carbocycles. The molecule has 0 atom stereocenters. The van der Waals surface area contributed by atoms with Crippen molar-refractivity contribution in [2.45, 2.75) is 0 Å². The highest BCUT2D eigenvalue weighted by Gasteiger charge is 2.07. The van der Waals surface area contributed by atoms with Gasteiger partial charge in [-0.2, -0.15) is 5.11 Å². The third-order valence-corrected chi connectivity index (χ3v) is 5.11. The number of azo groups is 2.